The van der Waals surface area contributed by atoms with E-state index in [0.29, 0.717) is 23.6 Å². The van der Waals surface area contributed by atoms with Crippen molar-refractivity contribution in [1.29, 1.82) is 0 Å². The molecule has 1 amide bonds. The number of para-hydroxylation sites is 2. The fraction of sp³-hybridized carbons (Fsp3) is 0.200. The fourth-order valence-corrected chi connectivity index (χ4v) is 2.13. The van der Waals surface area contributed by atoms with E-state index < -0.39 is 5.97 Å². The number of esters is 1. The Morgan fingerprint density at radius 1 is 1.08 bits per heavy atom. The zero-order chi connectivity index (χ0) is 18.9. The molecule has 26 heavy (non-hydrogen) atoms. The summed E-state index contributed by atoms with van der Waals surface area (Å²) < 4.78 is 10.3. The number of benzene rings is 2. The lowest BCUT2D eigenvalue weighted by molar-refractivity contribution is -0.114. The molecule has 0 radical (unpaired) electrons. The van der Waals surface area contributed by atoms with Crippen LogP contribution in [0.25, 0.3) is 0 Å². The lowest BCUT2D eigenvalue weighted by Crippen LogP contribution is -2.22. The summed E-state index contributed by atoms with van der Waals surface area (Å²) >= 11 is 0. The topological polar surface area (TPSA) is 76.7 Å². The summed E-state index contributed by atoms with van der Waals surface area (Å²) in [6.45, 7) is 6.18. The number of hydrogen-bond donors (Lipinski definition) is 2. The predicted octanol–water partition coefficient (Wildman–Crippen LogP) is 3.48. The minimum absolute atomic E-state index is 0.0756. The smallest absolute Gasteiger partial charge is 0.337 e. The van der Waals surface area contributed by atoms with E-state index in [1.807, 2.05) is 31.2 Å². The molecule has 0 saturated carbocycles. The molecule has 6 nitrogen and oxygen atoms in total. The molecule has 0 heterocycles. The molecule has 0 aromatic heterocycles. The zero-order valence-corrected chi connectivity index (χ0v) is 14.9. The molecule has 0 saturated heterocycles. The Morgan fingerprint density at radius 2 is 1.77 bits per heavy atom. The monoisotopic (exact) mass is 354 g/mol. The lowest BCUT2D eigenvalue weighted by atomic mass is 10.2. The highest BCUT2D eigenvalue weighted by atomic mass is 16.5. The molecular formula is C20H22N2O4. The van der Waals surface area contributed by atoms with Gasteiger partial charge in [0.15, 0.2) is 0 Å². The van der Waals surface area contributed by atoms with Gasteiger partial charge in [0.25, 0.3) is 0 Å². The molecule has 0 spiro atoms. The zero-order valence-electron chi connectivity index (χ0n) is 14.9. The molecule has 6 heteroatoms. The van der Waals surface area contributed by atoms with Crippen LogP contribution in [0.4, 0.5) is 11.4 Å². The van der Waals surface area contributed by atoms with Crippen molar-refractivity contribution in [3.05, 3.63) is 66.2 Å². The van der Waals surface area contributed by atoms with Crippen LogP contribution >= 0.6 is 0 Å². The van der Waals surface area contributed by atoms with Crippen LogP contribution in [0.15, 0.2) is 60.7 Å². The van der Waals surface area contributed by atoms with Crippen LogP contribution in [0, 0.1) is 0 Å². The molecule has 0 aliphatic carbocycles. The van der Waals surface area contributed by atoms with Gasteiger partial charge in [-0.2, -0.15) is 0 Å². The van der Waals surface area contributed by atoms with Gasteiger partial charge in [-0.3, -0.25) is 4.79 Å². The second-order valence-electron chi connectivity index (χ2n) is 5.71. The van der Waals surface area contributed by atoms with Crippen LogP contribution in [0.3, 0.4) is 0 Å². The van der Waals surface area contributed by atoms with E-state index in [4.69, 9.17) is 4.74 Å². The first-order valence-corrected chi connectivity index (χ1v) is 8.08. The normalized spacial score (nSPS) is 9.92. The summed E-state index contributed by atoms with van der Waals surface area (Å²) in [6, 6.07) is 13.9. The Labute approximate surface area is 152 Å². The summed E-state index contributed by atoms with van der Waals surface area (Å²) in [7, 11) is 1.32. The van der Waals surface area contributed by atoms with Crippen molar-refractivity contribution < 1.29 is 19.1 Å². The van der Waals surface area contributed by atoms with E-state index in [1.165, 1.54) is 7.11 Å². The number of nitrogens with one attached hydrogen (secondary N) is 2. The first-order chi connectivity index (χ1) is 12.5. The Morgan fingerprint density at radius 3 is 2.42 bits per heavy atom. The average Bonchev–Trinajstić information content (AvgIpc) is 2.65. The lowest BCUT2D eigenvalue weighted by Gasteiger charge is -2.13. The number of rotatable bonds is 8. The van der Waals surface area contributed by atoms with Gasteiger partial charge in [0.05, 0.1) is 24.9 Å². The van der Waals surface area contributed by atoms with Crippen molar-refractivity contribution in [2.45, 2.75) is 6.92 Å². The minimum atomic E-state index is -0.420. The van der Waals surface area contributed by atoms with Crippen molar-refractivity contribution in [1.82, 2.24) is 0 Å². The van der Waals surface area contributed by atoms with E-state index in [0.717, 1.165) is 11.3 Å². The molecule has 2 rings (SSSR count). The molecule has 2 aromatic rings. The molecule has 2 aromatic carbocycles. The van der Waals surface area contributed by atoms with Crippen LogP contribution in [-0.4, -0.2) is 32.1 Å². The number of ether oxygens (including phenoxy) is 2. The number of hydrogen-bond acceptors (Lipinski definition) is 5. The molecular weight excluding hydrogens is 332 g/mol. The molecule has 0 unspecified atom stereocenters. The number of carbonyl (C=O) groups excluding carboxylic acids is 2. The molecule has 2 N–H and O–H groups in total. The Kier molecular flexibility index (Phi) is 6.79. The first kappa shape index (κ1) is 19.1. The Balaban J connectivity index is 1.91. The summed E-state index contributed by atoms with van der Waals surface area (Å²) in [5, 5.41) is 5.81. The van der Waals surface area contributed by atoms with Crippen molar-refractivity contribution in [2.75, 3.05) is 30.9 Å². The van der Waals surface area contributed by atoms with E-state index >= 15 is 0 Å². The molecule has 0 aliphatic heterocycles. The third-order valence-corrected chi connectivity index (χ3v) is 3.39. The van der Waals surface area contributed by atoms with Gasteiger partial charge in [0.2, 0.25) is 5.91 Å². The van der Waals surface area contributed by atoms with Gasteiger partial charge in [0, 0.05) is 5.69 Å². The maximum absolute atomic E-state index is 12.1. The number of amides is 1. The maximum atomic E-state index is 12.1. The van der Waals surface area contributed by atoms with E-state index in [1.54, 1.807) is 24.3 Å². The van der Waals surface area contributed by atoms with E-state index in [2.05, 4.69) is 21.9 Å². The molecule has 0 atom stereocenters. The number of anilines is 2. The van der Waals surface area contributed by atoms with Gasteiger partial charge in [-0.1, -0.05) is 18.7 Å². The second kappa shape index (κ2) is 9.27. The molecule has 0 bridgehead atoms. The van der Waals surface area contributed by atoms with Crippen LogP contribution in [0.5, 0.6) is 5.75 Å². The molecule has 136 valence electrons. The van der Waals surface area contributed by atoms with Gasteiger partial charge < -0.3 is 20.1 Å². The Bertz CT molecular complexity index is 785. The third kappa shape index (κ3) is 5.66. The summed E-state index contributed by atoms with van der Waals surface area (Å²) in [5.41, 5.74) is 2.65. The number of carbonyl (C=O) groups is 2. The molecule has 0 aliphatic rings. The van der Waals surface area contributed by atoms with Gasteiger partial charge in [-0.15, -0.1) is 0 Å². The summed E-state index contributed by atoms with van der Waals surface area (Å²) in [5.74, 6) is 0.0205. The molecule has 0 fully saturated rings. The third-order valence-electron chi connectivity index (χ3n) is 3.39. The van der Waals surface area contributed by atoms with E-state index in [-0.39, 0.29) is 12.5 Å². The maximum Gasteiger partial charge on any atom is 0.337 e. The number of methoxy groups -OCH3 is 1. The summed E-state index contributed by atoms with van der Waals surface area (Å²) in [6.07, 6.45) is 0. The van der Waals surface area contributed by atoms with Crippen LogP contribution < -0.4 is 15.4 Å². The fourth-order valence-electron chi connectivity index (χ4n) is 2.13. The van der Waals surface area contributed by atoms with Crippen molar-refractivity contribution in [3.63, 3.8) is 0 Å². The van der Waals surface area contributed by atoms with Crippen molar-refractivity contribution in [3.8, 4) is 5.75 Å². The van der Waals surface area contributed by atoms with Gasteiger partial charge in [-0.05, 0) is 48.9 Å². The summed E-state index contributed by atoms with van der Waals surface area (Å²) in [4.78, 5) is 23.5. The predicted molar refractivity (Wildman–Crippen MR) is 102 cm³/mol. The Hall–Kier alpha value is -3.28. The van der Waals surface area contributed by atoms with Gasteiger partial charge >= 0.3 is 5.97 Å². The second-order valence-corrected chi connectivity index (χ2v) is 5.71. The highest BCUT2D eigenvalue weighted by molar-refractivity contribution is 5.95. The SMILES string of the molecule is C=C(C)COc1ccccc1NCC(=O)Nc1ccc(C(=O)OC)cc1. The standard InChI is InChI=1S/C20H22N2O4/c1-14(2)13-26-18-7-5-4-6-17(18)21-12-19(23)22-16-10-8-15(9-11-16)20(24)25-3/h4-11,21H,1,12-13H2,2-3H3,(H,22,23). The average molecular weight is 354 g/mol. The van der Waals surface area contributed by atoms with Crippen LogP contribution in [0.1, 0.15) is 17.3 Å². The first-order valence-electron chi connectivity index (χ1n) is 8.08. The van der Waals surface area contributed by atoms with Gasteiger partial charge in [0.1, 0.15) is 12.4 Å². The van der Waals surface area contributed by atoms with Crippen LogP contribution in [0.2, 0.25) is 0 Å². The van der Waals surface area contributed by atoms with Crippen molar-refractivity contribution >= 4 is 23.3 Å². The highest BCUT2D eigenvalue weighted by Gasteiger charge is 2.08. The van der Waals surface area contributed by atoms with E-state index in [9.17, 15) is 9.59 Å². The van der Waals surface area contributed by atoms with Gasteiger partial charge in [-0.25, -0.2) is 4.79 Å². The van der Waals surface area contributed by atoms with Crippen molar-refractivity contribution in [2.24, 2.45) is 0 Å². The highest BCUT2D eigenvalue weighted by Crippen LogP contribution is 2.23. The minimum Gasteiger partial charge on any atom is -0.487 e. The largest absolute Gasteiger partial charge is 0.487 e. The quantitative estimate of drug-likeness (QED) is 0.561. The van der Waals surface area contributed by atoms with Crippen LogP contribution in [-0.2, 0) is 9.53 Å².